The van der Waals surface area contributed by atoms with Gasteiger partial charge in [0.05, 0.1) is 0 Å². The van der Waals surface area contributed by atoms with Gasteiger partial charge in [0.1, 0.15) is 11.6 Å². The summed E-state index contributed by atoms with van der Waals surface area (Å²) in [7, 11) is 1.91. The molecule has 5 nitrogen and oxygen atoms in total. The zero-order valence-corrected chi connectivity index (χ0v) is 9.90. The van der Waals surface area contributed by atoms with Crippen LogP contribution in [0.1, 0.15) is 36.1 Å². The maximum absolute atomic E-state index is 10.8. The molecule has 0 radical (unpaired) electrons. The van der Waals surface area contributed by atoms with Gasteiger partial charge in [-0.1, -0.05) is 13.3 Å². The molecule has 0 bridgehead atoms. The van der Waals surface area contributed by atoms with Crippen molar-refractivity contribution in [2.24, 2.45) is 0 Å². The highest BCUT2D eigenvalue weighted by atomic mass is 16.4. The van der Waals surface area contributed by atoms with E-state index in [9.17, 15) is 4.79 Å². The molecular weight excluding hydrogens is 206 g/mol. The third-order valence-corrected chi connectivity index (χ3v) is 2.28. The molecule has 5 heteroatoms. The lowest BCUT2D eigenvalue weighted by molar-refractivity contribution is 0.0690. The molecule has 88 valence electrons. The van der Waals surface area contributed by atoms with Gasteiger partial charge in [-0.2, -0.15) is 0 Å². The van der Waals surface area contributed by atoms with Crippen molar-refractivity contribution >= 4 is 11.8 Å². The molecule has 0 aliphatic rings. The number of rotatable bonds is 5. The van der Waals surface area contributed by atoms with E-state index in [1.54, 1.807) is 6.92 Å². The second kappa shape index (κ2) is 5.44. The average Bonchev–Trinajstić information content (AvgIpc) is 2.24. The summed E-state index contributed by atoms with van der Waals surface area (Å²) in [6.07, 6.45) is 2.15. The van der Waals surface area contributed by atoms with E-state index in [0.717, 1.165) is 19.4 Å². The van der Waals surface area contributed by atoms with Gasteiger partial charge in [0, 0.05) is 19.7 Å². The van der Waals surface area contributed by atoms with E-state index < -0.39 is 5.97 Å². The molecule has 1 heterocycles. The third-order valence-electron chi connectivity index (χ3n) is 2.28. The van der Waals surface area contributed by atoms with Crippen LogP contribution in [0.2, 0.25) is 0 Å². The van der Waals surface area contributed by atoms with Crippen LogP contribution in [0, 0.1) is 6.92 Å². The smallest absolute Gasteiger partial charge is 0.354 e. The number of hydrogen-bond acceptors (Lipinski definition) is 4. The van der Waals surface area contributed by atoms with Gasteiger partial charge in [0.15, 0.2) is 5.69 Å². The molecule has 0 unspecified atom stereocenters. The summed E-state index contributed by atoms with van der Waals surface area (Å²) in [5.74, 6) is 0.132. The van der Waals surface area contributed by atoms with Crippen LogP contribution in [-0.4, -0.2) is 34.6 Å². The first-order valence-electron chi connectivity index (χ1n) is 5.34. The minimum absolute atomic E-state index is 0.0471. The molecule has 0 saturated heterocycles. The molecule has 1 N–H and O–H groups in total. The number of aromatic carboxylic acids is 1. The van der Waals surface area contributed by atoms with E-state index in [0.29, 0.717) is 11.6 Å². The Labute approximate surface area is 95.1 Å². The summed E-state index contributed by atoms with van der Waals surface area (Å²) < 4.78 is 0. The Morgan fingerprint density at radius 1 is 1.50 bits per heavy atom. The average molecular weight is 223 g/mol. The molecule has 0 saturated carbocycles. The fourth-order valence-corrected chi connectivity index (χ4v) is 1.37. The summed E-state index contributed by atoms with van der Waals surface area (Å²) in [5, 5.41) is 8.88. The minimum Gasteiger partial charge on any atom is -0.477 e. The van der Waals surface area contributed by atoms with E-state index in [4.69, 9.17) is 5.11 Å². The standard InChI is InChI=1S/C11H17N3O2/c1-4-5-6-14(3)10-7-9(11(15)16)12-8(2)13-10/h7H,4-6H2,1-3H3,(H,15,16). The number of hydrogen-bond donors (Lipinski definition) is 1. The van der Waals surface area contributed by atoms with Crippen LogP contribution < -0.4 is 4.90 Å². The molecule has 16 heavy (non-hydrogen) atoms. The van der Waals surface area contributed by atoms with Crippen molar-refractivity contribution in [3.8, 4) is 0 Å². The normalized spacial score (nSPS) is 10.2. The quantitative estimate of drug-likeness (QED) is 0.823. The summed E-state index contributed by atoms with van der Waals surface area (Å²) >= 11 is 0. The molecule has 0 spiro atoms. The number of aromatic nitrogens is 2. The Morgan fingerprint density at radius 2 is 2.19 bits per heavy atom. The van der Waals surface area contributed by atoms with Gasteiger partial charge in [-0.05, 0) is 13.3 Å². The molecule has 0 amide bonds. The van der Waals surface area contributed by atoms with Crippen LogP contribution in [0.25, 0.3) is 0 Å². The summed E-state index contributed by atoms with van der Waals surface area (Å²) in [4.78, 5) is 20.9. The molecule has 0 aliphatic carbocycles. The number of unbranched alkanes of at least 4 members (excludes halogenated alkanes) is 1. The largest absolute Gasteiger partial charge is 0.477 e. The fourth-order valence-electron chi connectivity index (χ4n) is 1.37. The number of carbonyl (C=O) groups is 1. The molecule has 1 rings (SSSR count). The Bertz CT molecular complexity index is 379. The highest BCUT2D eigenvalue weighted by Crippen LogP contribution is 2.11. The first-order chi connectivity index (χ1) is 7.54. The van der Waals surface area contributed by atoms with Crippen LogP contribution >= 0.6 is 0 Å². The molecule has 0 aliphatic heterocycles. The lowest BCUT2D eigenvalue weighted by Gasteiger charge is -2.18. The summed E-state index contributed by atoms with van der Waals surface area (Å²) in [6, 6.07) is 1.50. The highest BCUT2D eigenvalue weighted by molar-refractivity contribution is 5.86. The maximum atomic E-state index is 10.8. The number of carboxylic acids is 1. The predicted molar refractivity (Wildman–Crippen MR) is 61.9 cm³/mol. The van der Waals surface area contributed by atoms with Crippen LogP contribution in [0.15, 0.2) is 6.07 Å². The van der Waals surface area contributed by atoms with E-state index in [1.807, 2.05) is 11.9 Å². The van der Waals surface area contributed by atoms with E-state index in [2.05, 4.69) is 16.9 Å². The lowest BCUT2D eigenvalue weighted by Crippen LogP contribution is -2.21. The first-order valence-corrected chi connectivity index (χ1v) is 5.34. The van der Waals surface area contributed by atoms with E-state index in [1.165, 1.54) is 6.07 Å². The Kier molecular flexibility index (Phi) is 4.22. The Morgan fingerprint density at radius 3 is 2.75 bits per heavy atom. The maximum Gasteiger partial charge on any atom is 0.354 e. The fraction of sp³-hybridized carbons (Fsp3) is 0.545. The van der Waals surface area contributed by atoms with Crippen LogP contribution in [0.3, 0.4) is 0 Å². The lowest BCUT2D eigenvalue weighted by atomic mass is 10.3. The van der Waals surface area contributed by atoms with Gasteiger partial charge < -0.3 is 10.0 Å². The zero-order valence-electron chi connectivity index (χ0n) is 9.90. The van der Waals surface area contributed by atoms with Crippen molar-refractivity contribution in [1.29, 1.82) is 0 Å². The van der Waals surface area contributed by atoms with Crippen LogP contribution in [0.5, 0.6) is 0 Å². The van der Waals surface area contributed by atoms with Crippen molar-refractivity contribution in [3.05, 3.63) is 17.6 Å². The Balaban J connectivity index is 2.91. The van der Waals surface area contributed by atoms with Gasteiger partial charge >= 0.3 is 5.97 Å². The van der Waals surface area contributed by atoms with Crippen LogP contribution in [0.4, 0.5) is 5.82 Å². The van der Waals surface area contributed by atoms with Crippen molar-refractivity contribution < 1.29 is 9.90 Å². The Hall–Kier alpha value is -1.65. The van der Waals surface area contributed by atoms with Gasteiger partial charge in [-0.15, -0.1) is 0 Å². The highest BCUT2D eigenvalue weighted by Gasteiger charge is 2.10. The molecule has 1 aromatic rings. The van der Waals surface area contributed by atoms with Gasteiger partial charge in [0.25, 0.3) is 0 Å². The zero-order chi connectivity index (χ0) is 12.1. The topological polar surface area (TPSA) is 66.3 Å². The minimum atomic E-state index is -1.02. The van der Waals surface area contributed by atoms with E-state index in [-0.39, 0.29) is 5.69 Å². The summed E-state index contributed by atoms with van der Waals surface area (Å²) in [6.45, 7) is 4.68. The third kappa shape index (κ3) is 3.18. The molecule has 0 atom stereocenters. The number of aryl methyl sites for hydroxylation is 1. The van der Waals surface area contributed by atoms with Crippen molar-refractivity contribution in [1.82, 2.24) is 9.97 Å². The summed E-state index contributed by atoms with van der Waals surface area (Å²) in [5.41, 5.74) is 0.0471. The second-order valence-electron chi connectivity index (χ2n) is 3.74. The number of nitrogens with zero attached hydrogens (tertiary/aromatic N) is 3. The van der Waals surface area contributed by atoms with Gasteiger partial charge in [-0.25, -0.2) is 14.8 Å². The molecule has 0 fully saturated rings. The van der Waals surface area contributed by atoms with Gasteiger partial charge in [-0.3, -0.25) is 0 Å². The first kappa shape index (κ1) is 12.4. The molecule has 0 aromatic carbocycles. The van der Waals surface area contributed by atoms with Crippen molar-refractivity contribution in [2.75, 3.05) is 18.5 Å². The van der Waals surface area contributed by atoms with Crippen LogP contribution in [-0.2, 0) is 0 Å². The van der Waals surface area contributed by atoms with Gasteiger partial charge in [0.2, 0.25) is 0 Å². The molecule has 1 aromatic heterocycles. The molecular formula is C11H17N3O2. The monoisotopic (exact) mass is 223 g/mol. The number of anilines is 1. The predicted octanol–water partition coefficient (Wildman–Crippen LogP) is 1.72. The second-order valence-corrected chi connectivity index (χ2v) is 3.74. The van der Waals surface area contributed by atoms with Crippen molar-refractivity contribution in [3.63, 3.8) is 0 Å². The van der Waals surface area contributed by atoms with E-state index >= 15 is 0 Å². The SMILES string of the molecule is CCCCN(C)c1cc(C(=O)O)nc(C)n1. The van der Waals surface area contributed by atoms with Crippen molar-refractivity contribution in [2.45, 2.75) is 26.7 Å². The number of carboxylic acid groups (broad SMARTS) is 1.